The van der Waals surface area contributed by atoms with E-state index in [4.69, 9.17) is 0 Å². The van der Waals surface area contributed by atoms with E-state index in [0.717, 1.165) is 11.4 Å². The van der Waals surface area contributed by atoms with Gasteiger partial charge in [0.25, 0.3) is 0 Å². The van der Waals surface area contributed by atoms with Crippen LogP contribution in [0.4, 0.5) is 14.5 Å². The van der Waals surface area contributed by atoms with Crippen LogP contribution in [0.25, 0.3) is 0 Å². The lowest BCUT2D eigenvalue weighted by Crippen LogP contribution is -2.08. The van der Waals surface area contributed by atoms with Gasteiger partial charge in [0, 0.05) is 29.5 Å². The molecule has 2 nitrogen and oxygen atoms in total. The third-order valence-corrected chi connectivity index (χ3v) is 2.41. The largest absolute Gasteiger partial charge is 0.382 e. The van der Waals surface area contributed by atoms with Crippen LogP contribution in [0.5, 0.6) is 0 Å². The molecule has 0 aliphatic heterocycles. The van der Waals surface area contributed by atoms with Crippen LogP contribution in [0.3, 0.4) is 0 Å². The van der Waals surface area contributed by atoms with Crippen molar-refractivity contribution in [3.63, 3.8) is 0 Å². The van der Waals surface area contributed by atoms with Crippen molar-refractivity contribution in [2.75, 3.05) is 5.32 Å². The molecular weight excluding hydrogens is 186 g/mol. The van der Waals surface area contributed by atoms with E-state index in [1.165, 1.54) is 0 Å². The Morgan fingerprint density at radius 2 is 2.36 bits per heavy atom. The molecule has 1 saturated carbocycles. The number of rotatable bonds is 3. The van der Waals surface area contributed by atoms with Gasteiger partial charge in [0.15, 0.2) is 0 Å². The molecule has 14 heavy (non-hydrogen) atoms. The summed E-state index contributed by atoms with van der Waals surface area (Å²) in [5.41, 5.74) is 1.77. The lowest BCUT2D eigenvalue weighted by atomic mass is 10.3. The molecule has 1 aliphatic carbocycles. The lowest BCUT2D eigenvalue weighted by molar-refractivity contribution is 0.121. The predicted molar refractivity (Wildman–Crippen MR) is 50.5 cm³/mol. The second kappa shape index (κ2) is 3.52. The highest BCUT2D eigenvalue weighted by Crippen LogP contribution is 2.38. The van der Waals surface area contributed by atoms with Crippen molar-refractivity contribution in [2.24, 2.45) is 5.92 Å². The SMILES string of the molecule is Cc1cc(N[C@H]2C[C@@H]2C(F)F)ccn1. The molecule has 2 atom stereocenters. The van der Waals surface area contributed by atoms with E-state index in [2.05, 4.69) is 10.3 Å². The minimum atomic E-state index is -2.20. The highest BCUT2D eigenvalue weighted by molar-refractivity contribution is 5.45. The van der Waals surface area contributed by atoms with Crippen LogP contribution >= 0.6 is 0 Å². The van der Waals surface area contributed by atoms with E-state index in [1.807, 2.05) is 13.0 Å². The summed E-state index contributed by atoms with van der Waals surface area (Å²) in [4.78, 5) is 4.03. The monoisotopic (exact) mass is 198 g/mol. The number of anilines is 1. The standard InChI is InChI=1S/C10H12F2N2/c1-6-4-7(2-3-13-6)14-9-5-8(9)10(11)12/h2-4,8-10H,5H2,1H3,(H,13,14)/t8-,9-/m0/s1. The Balaban J connectivity index is 1.93. The number of hydrogen-bond donors (Lipinski definition) is 1. The van der Waals surface area contributed by atoms with Gasteiger partial charge in [-0.05, 0) is 25.5 Å². The lowest BCUT2D eigenvalue weighted by Gasteiger charge is -2.05. The average molecular weight is 198 g/mol. The van der Waals surface area contributed by atoms with Gasteiger partial charge in [-0.2, -0.15) is 0 Å². The van der Waals surface area contributed by atoms with E-state index in [9.17, 15) is 8.78 Å². The van der Waals surface area contributed by atoms with Crippen molar-refractivity contribution in [2.45, 2.75) is 25.8 Å². The number of aryl methyl sites for hydroxylation is 1. The van der Waals surface area contributed by atoms with Crippen LogP contribution < -0.4 is 5.32 Å². The normalized spacial score (nSPS) is 25.1. The molecule has 0 bridgehead atoms. The van der Waals surface area contributed by atoms with Crippen LogP contribution in [0.1, 0.15) is 12.1 Å². The number of alkyl halides is 2. The first-order valence-electron chi connectivity index (χ1n) is 4.64. The summed E-state index contributed by atoms with van der Waals surface area (Å²) in [6, 6.07) is 3.60. The van der Waals surface area contributed by atoms with Crippen molar-refractivity contribution >= 4 is 5.69 Å². The van der Waals surface area contributed by atoms with Gasteiger partial charge in [-0.15, -0.1) is 0 Å². The summed E-state index contributed by atoms with van der Waals surface area (Å²) in [6.45, 7) is 1.88. The molecule has 0 saturated heterocycles. The van der Waals surface area contributed by atoms with E-state index >= 15 is 0 Å². The molecule has 1 heterocycles. The van der Waals surface area contributed by atoms with Gasteiger partial charge in [0.05, 0.1) is 0 Å². The Morgan fingerprint density at radius 1 is 1.57 bits per heavy atom. The average Bonchev–Trinajstić information content (AvgIpc) is 2.84. The Kier molecular flexibility index (Phi) is 2.35. The number of halogens is 2. The molecule has 76 valence electrons. The second-order valence-electron chi connectivity index (χ2n) is 3.67. The molecule has 0 radical (unpaired) electrons. The third kappa shape index (κ3) is 2.00. The highest BCUT2D eigenvalue weighted by Gasteiger charge is 2.44. The first-order chi connectivity index (χ1) is 6.66. The van der Waals surface area contributed by atoms with Gasteiger partial charge < -0.3 is 5.32 Å². The first kappa shape index (κ1) is 9.37. The zero-order valence-electron chi connectivity index (χ0n) is 7.87. The molecule has 1 fully saturated rings. The fourth-order valence-electron chi connectivity index (χ4n) is 1.51. The van der Waals surface area contributed by atoms with Crippen molar-refractivity contribution in [3.05, 3.63) is 24.0 Å². The Labute approximate surface area is 81.4 Å². The first-order valence-corrected chi connectivity index (χ1v) is 4.64. The minimum Gasteiger partial charge on any atom is -0.382 e. The minimum absolute atomic E-state index is 0.0585. The summed E-state index contributed by atoms with van der Waals surface area (Å²) in [6.07, 6.45) is 0.0478. The van der Waals surface area contributed by atoms with Gasteiger partial charge >= 0.3 is 0 Å². The molecule has 0 spiro atoms. The van der Waals surface area contributed by atoms with E-state index in [0.29, 0.717) is 6.42 Å². The van der Waals surface area contributed by atoms with Crippen molar-refractivity contribution in [1.29, 1.82) is 0 Å². The summed E-state index contributed by atoms with van der Waals surface area (Å²) >= 11 is 0. The molecule has 0 amide bonds. The maximum absolute atomic E-state index is 12.2. The smallest absolute Gasteiger partial charge is 0.243 e. The number of aromatic nitrogens is 1. The second-order valence-corrected chi connectivity index (χ2v) is 3.67. The summed E-state index contributed by atoms with van der Waals surface area (Å²) in [5.74, 6) is -0.469. The van der Waals surface area contributed by atoms with E-state index in [1.54, 1.807) is 12.3 Å². The quantitative estimate of drug-likeness (QED) is 0.806. The molecule has 0 unspecified atom stereocenters. The van der Waals surface area contributed by atoms with Gasteiger partial charge in [0.1, 0.15) is 0 Å². The summed E-state index contributed by atoms with van der Waals surface area (Å²) in [5, 5.41) is 3.07. The number of nitrogens with one attached hydrogen (secondary N) is 1. The van der Waals surface area contributed by atoms with Crippen LogP contribution in [0, 0.1) is 12.8 Å². The molecule has 0 aromatic carbocycles. The number of nitrogens with zero attached hydrogens (tertiary/aromatic N) is 1. The highest BCUT2D eigenvalue weighted by atomic mass is 19.3. The maximum atomic E-state index is 12.2. The van der Waals surface area contributed by atoms with Crippen LogP contribution in [0.15, 0.2) is 18.3 Å². The summed E-state index contributed by atoms with van der Waals surface area (Å²) in [7, 11) is 0. The number of hydrogen-bond acceptors (Lipinski definition) is 2. The zero-order chi connectivity index (χ0) is 10.1. The third-order valence-electron chi connectivity index (χ3n) is 2.41. The van der Waals surface area contributed by atoms with Crippen molar-refractivity contribution < 1.29 is 8.78 Å². The van der Waals surface area contributed by atoms with Gasteiger partial charge in [-0.25, -0.2) is 8.78 Å². The molecule has 4 heteroatoms. The van der Waals surface area contributed by atoms with Crippen molar-refractivity contribution in [3.8, 4) is 0 Å². The fraction of sp³-hybridized carbons (Fsp3) is 0.500. The van der Waals surface area contributed by atoms with Gasteiger partial charge in [0.2, 0.25) is 6.43 Å². The topological polar surface area (TPSA) is 24.9 Å². The molecule has 1 aromatic heterocycles. The maximum Gasteiger partial charge on any atom is 0.243 e. The molecule has 2 rings (SSSR count). The van der Waals surface area contributed by atoms with E-state index < -0.39 is 12.3 Å². The molecule has 1 aliphatic rings. The zero-order valence-corrected chi connectivity index (χ0v) is 7.87. The van der Waals surface area contributed by atoms with Gasteiger partial charge in [-0.3, -0.25) is 4.98 Å². The Hall–Kier alpha value is -1.19. The fourth-order valence-corrected chi connectivity index (χ4v) is 1.51. The molecule has 1 aromatic rings. The Bertz CT molecular complexity index is 328. The number of pyridine rings is 1. The van der Waals surface area contributed by atoms with Crippen LogP contribution in [-0.4, -0.2) is 17.5 Å². The molecular formula is C10H12F2N2. The van der Waals surface area contributed by atoms with Crippen molar-refractivity contribution in [1.82, 2.24) is 4.98 Å². The van der Waals surface area contributed by atoms with E-state index in [-0.39, 0.29) is 6.04 Å². The van der Waals surface area contributed by atoms with Crippen LogP contribution in [0.2, 0.25) is 0 Å². The predicted octanol–water partition coefficient (Wildman–Crippen LogP) is 2.46. The molecule has 1 N–H and O–H groups in total. The Morgan fingerprint density at radius 3 is 2.93 bits per heavy atom. The summed E-state index contributed by atoms with van der Waals surface area (Å²) < 4.78 is 24.4. The van der Waals surface area contributed by atoms with Crippen LogP contribution in [-0.2, 0) is 0 Å². The van der Waals surface area contributed by atoms with Gasteiger partial charge in [-0.1, -0.05) is 0 Å².